The summed E-state index contributed by atoms with van der Waals surface area (Å²) in [4.78, 5) is 21.9. The maximum Gasteiger partial charge on any atom is 0.237 e. The Hall–Kier alpha value is -2.25. The second kappa shape index (κ2) is 9.71. The Balaban J connectivity index is 1.49. The van der Waals surface area contributed by atoms with Gasteiger partial charge in [-0.15, -0.1) is 0 Å². The second-order valence-electron chi connectivity index (χ2n) is 8.64. The second-order valence-corrected chi connectivity index (χ2v) is 8.64. The van der Waals surface area contributed by atoms with Gasteiger partial charge in [0.05, 0.1) is 31.1 Å². The van der Waals surface area contributed by atoms with E-state index in [1.165, 1.54) is 24.8 Å². The minimum absolute atomic E-state index is 0.0302. The summed E-state index contributed by atoms with van der Waals surface area (Å²) >= 11 is 0. The Kier molecular flexibility index (Phi) is 6.79. The fourth-order valence-corrected chi connectivity index (χ4v) is 4.61. The lowest BCUT2D eigenvalue weighted by Crippen LogP contribution is -2.45. The van der Waals surface area contributed by atoms with Gasteiger partial charge in [0.2, 0.25) is 5.91 Å². The number of carbonyl (C=O) groups is 1. The molecule has 7 nitrogen and oxygen atoms in total. The van der Waals surface area contributed by atoms with E-state index in [9.17, 15) is 4.79 Å². The summed E-state index contributed by atoms with van der Waals surface area (Å²) < 4.78 is 8.19. The molecule has 1 saturated heterocycles. The van der Waals surface area contributed by atoms with Crippen molar-refractivity contribution in [2.75, 3.05) is 19.6 Å². The molecule has 2 aromatic rings. The van der Waals surface area contributed by atoms with Crippen molar-refractivity contribution in [1.82, 2.24) is 24.6 Å². The van der Waals surface area contributed by atoms with Gasteiger partial charge in [-0.05, 0) is 31.9 Å². The third-order valence-corrected chi connectivity index (χ3v) is 6.48. The zero-order valence-corrected chi connectivity index (χ0v) is 18.2. The number of hydrogen-bond donors (Lipinski definition) is 0. The van der Waals surface area contributed by atoms with Crippen LogP contribution >= 0.6 is 0 Å². The molecule has 2 fully saturated rings. The fourth-order valence-electron chi connectivity index (χ4n) is 4.61. The lowest BCUT2D eigenvalue weighted by molar-refractivity contribution is -0.135. The number of carbonyl (C=O) groups excluding carboxylic acids is 1. The summed E-state index contributed by atoms with van der Waals surface area (Å²) in [6.07, 6.45) is 9.61. The molecule has 1 aliphatic carbocycles. The van der Waals surface area contributed by atoms with E-state index in [1.807, 2.05) is 36.1 Å². The molecule has 3 heterocycles. The molecule has 0 N–H and O–H groups in total. The number of nitrogens with zero attached hydrogens (tertiary/aromatic N) is 5. The van der Waals surface area contributed by atoms with E-state index in [4.69, 9.17) is 4.74 Å². The minimum Gasteiger partial charge on any atom is -0.369 e. The number of pyridine rings is 1. The van der Waals surface area contributed by atoms with Crippen LogP contribution in [0.4, 0.5) is 0 Å². The molecular formula is C23H33N5O2. The van der Waals surface area contributed by atoms with Crippen molar-refractivity contribution >= 4 is 5.91 Å². The van der Waals surface area contributed by atoms with Gasteiger partial charge in [-0.1, -0.05) is 25.3 Å². The number of ether oxygens (including phenoxy) is 1. The van der Waals surface area contributed by atoms with E-state index >= 15 is 0 Å². The van der Waals surface area contributed by atoms with Crippen molar-refractivity contribution in [2.24, 2.45) is 7.05 Å². The molecule has 4 rings (SSSR count). The summed E-state index contributed by atoms with van der Waals surface area (Å²) in [5.74, 6) is 0.229. The van der Waals surface area contributed by atoms with Crippen LogP contribution in [0.3, 0.4) is 0 Å². The van der Waals surface area contributed by atoms with E-state index in [0.717, 1.165) is 30.8 Å². The van der Waals surface area contributed by atoms with Gasteiger partial charge in [0, 0.05) is 50.2 Å². The van der Waals surface area contributed by atoms with E-state index in [-0.39, 0.29) is 12.0 Å². The van der Waals surface area contributed by atoms with Crippen LogP contribution in [0.25, 0.3) is 0 Å². The highest BCUT2D eigenvalue weighted by Crippen LogP contribution is 2.25. The predicted octanol–water partition coefficient (Wildman–Crippen LogP) is 2.69. The molecule has 1 amide bonds. The number of hydrogen-bond acceptors (Lipinski definition) is 5. The van der Waals surface area contributed by atoms with E-state index in [2.05, 4.69) is 26.8 Å². The van der Waals surface area contributed by atoms with Crippen molar-refractivity contribution in [3.8, 4) is 0 Å². The quantitative estimate of drug-likeness (QED) is 0.731. The molecule has 162 valence electrons. The molecule has 1 saturated carbocycles. The highest BCUT2D eigenvalue weighted by Gasteiger charge is 2.33. The topological polar surface area (TPSA) is 63.5 Å². The molecule has 7 heteroatoms. The molecule has 2 aromatic heterocycles. The van der Waals surface area contributed by atoms with Gasteiger partial charge in [-0.25, -0.2) is 0 Å². The number of aryl methyl sites for hydroxylation is 1. The Bertz CT molecular complexity index is 831. The molecule has 1 aliphatic heterocycles. The molecule has 0 spiro atoms. The van der Waals surface area contributed by atoms with Crippen LogP contribution in [-0.2, 0) is 29.7 Å². The highest BCUT2D eigenvalue weighted by atomic mass is 16.5. The zero-order valence-electron chi connectivity index (χ0n) is 18.2. The molecule has 0 aromatic carbocycles. The molecular weight excluding hydrogens is 378 g/mol. The van der Waals surface area contributed by atoms with Crippen molar-refractivity contribution < 1.29 is 9.53 Å². The van der Waals surface area contributed by atoms with Crippen LogP contribution in [-0.4, -0.2) is 62.3 Å². The third kappa shape index (κ3) is 5.08. The predicted molar refractivity (Wildman–Crippen MR) is 115 cm³/mol. The Morgan fingerprint density at radius 1 is 1.17 bits per heavy atom. The Morgan fingerprint density at radius 2 is 2.00 bits per heavy atom. The lowest BCUT2D eigenvalue weighted by Gasteiger charge is -2.35. The molecule has 1 atom stereocenters. The fraction of sp³-hybridized carbons (Fsp3) is 0.609. The summed E-state index contributed by atoms with van der Waals surface area (Å²) in [6.45, 7) is 5.10. The van der Waals surface area contributed by atoms with Gasteiger partial charge in [0.15, 0.2) is 0 Å². The van der Waals surface area contributed by atoms with Crippen molar-refractivity contribution in [1.29, 1.82) is 0 Å². The first-order valence-corrected chi connectivity index (χ1v) is 11.1. The normalized spacial score (nSPS) is 21.7. The Labute approximate surface area is 179 Å². The van der Waals surface area contributed by atoms with Crippen LogP contribution < -0.4 is 0 Å². The monoisotopic (exact) mass is 411 g/mol. The largest absolute Gasteiger partial charge is 0.369 e. The van der Waals surface area contributed by atoms with E-state index in [1.54, 1.807) is 6.20 Å². The maximum atomic E-state index is 13.2. The SMILES string of the molecule is Cc1c(CN2CC(=O)N(C3CCCCC3)C[C@@H](OCc3ccccn3)C2)cnn1C. The first-order chi connectivity index (χ1) is 14.6. The summed E-state index contributed by atoms with van der Waals surface area (Å²) in [6, 6.07) is 6.23. The minimum atomic E-state index is -0.0302. The van der Waals surface area contributed by atoms with Crippen LogP contribution in [0, 0.1) is 6.92 Å². The zero-order chi connectivity index (χ0) is 20.9. The van der Waals surface area contributed by atoms with E-state index in [0.29, 0.717) is 32.3 Å². The van der Waals surface area contributed by atoms with Crippen LogP contribution in [0.15, 0.2) is 30.6 Å². The van der Waals surface area contributed by atoms with Gasteiger partial charge in [0.25, 0.3) is 0 Å². The van der Waals surface area contributed by atoms with Gasteiger partial charge in [-0.2, -0.15) is 5.10 Å². The summed E-state index contributed by atoms with van der Waals surface area (Å²) in [5.41, 5.74) is 3.23. The van der Waals surface area contributed by atoms with Crippen molar-refractivity contribution in [3.63, 3.8) is 0 Å². The Morgan fingerprint density at radius 3 is 2.70 bits per heavy atom. The van der Waals surface area contributed by atoms with Gasteiger partial charge in [0.1, 0.15) is 0 Å². The standard InChI is InChI=1S/C23H33N5O2/c1-18-19(12-25-26(18)2)13-27-14-22(30-17-20-8-6-7-11-24-20)15-28(23(29)16-27)21-9-4-3-5-10-21/h6-8,11-12,21-22H,3-5,9-10,13-17H2,1-2H3/t22-/m0/s1. The number of rotatable bonds is 6. The van der Waals surface area contributed by atoms with Gasteiger partial charge < -0.3 is 9.64 Å². The smallest absolute Gasteiger partial charge is 0.237 e. The maximum absolute atomic E-state index is 13.2. The van der Waals surface area contributed by atoms with Crippen LogP contribution in [0.2, 0.25) is 0 Å². The van der Waals surface area contributed by atoms with Gasteiger partial charge >= 0.3 is 0 Å². The average Bonchev–Trinajstić information content (AvgIpc) is 2.99. The first-order valence-electron chi connectivity index (χ1n) is 11.1. The summed E-state index contributed by atoms with van der Waals surface area (Å²) in [5, 5.41) is 4.36. The third-order valence-electron chi connectivity index (χ3n) is 6.48. The van der Waals surface area contributed by atoms with Crippen LogP contribution in [0.5, 0.6) is 0 Å². The van der Waals surface area contributed by atoms with Crippen molar-refractivity contribution in [2.45, 2.75) is 64.3 Å². The molecule has 0 bridgehead atoms. The lowest BCUT2D eigenvalue weighted by atomic mass is 9.94. The highest BCUT2D eigenvalue weighted by molar-refractivity contribution is 5.79. The summed E-state index contributed by atoms with van der Waals surface area (Å²) in [7, 11) is 1.95. The average molecular weight is 412 g/mol. The van der Waals surface area contributed by atoms with Crippen LogP contribution in [0.1, 0.15) is 49.1 Å². The number of aromatic nitrogens is 3. The van der Waals surface area contributed by atoms with Crippen molar-refractivity contribution in [3.05, 3.63) is 47.5 Å². The molecule has 0 unspecified atom stereocenters. The van der Waals surface area contributed by atoms with Gasteiger partial charge in [-0.3, -0.25) is 19.4 Å². The molecule has 30 heavy (non-hydrogen) atoms. The molecule has 2 aliphatic rings. The van der Waals surface area contributed by atoms with E-state index < -0.39 is 0 Å². The first kappa shape index (κ1) is 21.0. The number of amides is 1. The molecule has 0 radical (unpaired) electrons.